The van der Waals surface area contributed by atoms with E-state index in [-0.39, 0.29) is 23.8 Å². The first-order valence-corrected chi connectivity index (χ1v) is 8.37. The molecule has 0 radical (unpaired) electrons. The number of allylic oxidation sites excluding steroid dienone is 1. The molecule has 124 valence electrons. The smallest absolute Gasteiger partial charge is 0.224 e. The Morgan fingerprint density at radius 1 is 1.32 bits per heavy atom. The zero-order valence-corrected chi connectivity index (χ0v) is 13.4. The molecule has 2 amide bonds. The molecule has 5 heteroatoms. The van der Waals surface area contributed by atoms with Crippen LogP contribution >= 0.6 is 0 Å². The summed E-state index contributed by atoms with van der Waals surface area (Å²) in [6.45, 7) is 6.52. The molecule has 0 aromatic carbocycles. The van der Waals surface area contributed by atoms with E-state index in [0.29, 0.717) is 25.9 Å². The molecule has 2 saturated heterocycles. The summed E-state index contributed by atoms with van der Waals surface area (Å²) in [4.78, 5) is 27.9. The van der Waals surface area contributed by atoms with Crippen molar-refractivity contribution < 1.29 is 14.7 Å². The molecule has 0 spiro atoms. The quantitative estimate of drug-likeness (QED) is 0.758. The van der Waals surface area contributed by atoms with E-state index in [4.69, 9.17) is 0 Å². The van der Waals surface area contributed by atoms with E-state index in [9.17, 15) is 14.7 Å². The van der Waals surface area contributed by atoms with Gasteiger partial charge in [0.05, 0.1) is 6.61 Å². The average Bonchev–Trinajstić information content (AvgIpc) is 2.54. The van der Waals surface area contributed by atoms with Crippen LogP contribution in [0.3, 0.4) is 0 Å². The number of hydrogen-bond acceptors (Lipinski definition) is 3. The third-order valence-electron chi connectivity index (χ3n) is 4.94. The van der Waals surface area contributed by atoms with Gasteiger partial charge in [-0.05, 0) is 32.1 Å². The molecule has 2 heterocycles. The molecule has 2 aliphatic rings. The van der Waals surface area contributed by atoms with Crippen LogP contribution in [-0.4, -0.2) is 59.5 Å². The highest BCUT2D eigenvalue weighted by Crippen LogP contribution is 2.33. The molecule has 0 aromatic heterocycles. The fourth-order valence-corrected chi connectivity index (χ4v) is 3.57. The summed E-state index contributed by atoms with van der Waals surface area (Å²) < 4.78 is 0. The Kier molecular flexibility index (Phi) is 6.00. The highest BCUT2D eigenvalue weighted by atomic mass is 16.3. The Bertz CT molecular complexity index is 424. The summed E-state index contributed by atoms with van der Waals surface area (Å²) >= 11 is 0. The summed E-state index contributed by atoms with van der Waals surface area (Å²) in [6.07, 6.45) is 7.43. The van der Waals surface area contributed by atoms with Crippen molar-refractivity contribution >= 4 is 11.8 Å². The first kappa shape index (κ1) is 17.0. The van der Waals surface area contributed by atoms with Gasteiger partial charge in [0.25, 0.3) is 0 Å². The van der Waals surface area contributed by atoms with Crippen molar-refractivity contribution in [1.29, 1.82) is 0 Å². The molecule has 22 heavy (non-hydrogen) atoms. The van der Waals surface area contributed by atoms with Gasteiger partial charge in [0, 0.05) is 44.4 Å². The summed E-state index contributed by atoms with van der Waals surface area (Å²) in [5.74, 6) is 0.272. The van der Waals surface area contributed by atoms with Crippen LogP contribution in [-0.2, 0) is 9.59 Å². The molecule has 0 aromatic rings. The number of carbonyl (C=O) groups is 2. The van der Waals surface area contributed by atoms with Crippen molar-refractivity contribution in [2.24, 2.45) is 5.41 Å². The Morgan fingerprint density at radius 2 is 2.14 bits per heavy atom. The Labute approximate surface area is 133 Å². The molecule has 0 bridgehead atoms. The van der Waals surface area contributed by atoms with Crippen LogP contribution < -0.4 is 0 Å². The van der Waals surface area contributed by atoms with Crippen LogP contribution in [0.4, 0.5) is 0 Å². The number of amides is 2. The normalized spacial score (nSPS) is 26.1. The lowest BCUT2D eigenvalue weighted by Crippen LogP contribution is -2.48. The van der Waals surface area contributed by atoms with Crippen molar-refractivity contribution in [3.63, 3.8) is 0 Å². The fourth-order valence-electron chi connectivity index (χ4n) is 3.57. The molecule has 0 saturated carbocycles. The maximum atomic E-state index is 12.4. The van der Waals surface area contributed by atoms with Gasteiger partial charge in [-0.25, -0.2) is 0 Å². The van der Waals surface area contributed by atoms with Gasteiger partial charge < -0.3 is 14.9 Å². The van der Waals surface area contributed by atoms with Crippen LogP contribution in [0.25, 0.3) is 0 Å². The fraction of sp³-hybridized carbons (Fsp3) is 0.765. The van der Waals surface area contributed by atoms with Gasteiger partial charge in [-0.1, -0.05) is 6.08 Å². The minimum atomic E-state index is -0.226. The van der Waals surface area contributed by atoms with Gasteiger partial charge in [0.1, 0.15) is 0 Å². The van der Waals surface area contributed by atoms with Crippen molar-refractivity contribution in [2.75, 3.05) is 32.8 Å². The maximum absolute atomic E-state index is 12.4. The number of aliphatic hydroxyl groups is 1. The summed E-state index contributed by atoms with van der Waals surface area (Å²) in [5.41, 5.74) is -0.226. The number of piperidine rings is 2. The first-order chi connectivity index (χ1) is 10.6. The third kappa shape index (κ3) is 4.09. The van der Waals surface area contributed by atoms with Crippen LogP contribution in [0, 0.1) is 5.41 Å². The molecule has 2 aliphatic heterocycles. The molecule has 1 atom stereocenters. The second kappa shape index (κ2) is 7.77. The minimum absolute atomic E-state index is 0.0907. The van der Waals surface area contributed by atoms with Crippen LogP contribution in [0.15, 0.2) is 12.7 Å². The van der Waals surface area contributed by atoms with E-state index in [0.717, 1.165) is 45.2 Å². The largest absolute Gasteiger partial charge is 0.396 e. The second-order valence-electron chi connectivity index (χ2n) is 6.66. The van der Waals surface area contributed by atoms with Gasteiger partial charge in [0.2, 0.25) is 11.8 Å². The molecule has 1 N–H and O–H groups in total. The molecule has 0 aliphatic carbocycles. The number of nitrogens with zero attached hydrogens (tertiary/aromatic N) is 2. The van der Waals surface area contributed by atoms with E-state index < -0.39 is 0 Å². The molecule has 1 unspecified atom stereocenters. The van der Waals surface area contributed by atoms with E-state index in [1.165, 1.54) is 0 Å². The van der Waals surface area contributed by atoms with Crippen LogP contribution in [0.2, 0.25) is 0 Å². The second-order valence-corrected chi connectivity index (χ2v) is 6.66. The zero-order valence-electron chi connectivity index (χ0n) is 13.4. The van der Waals surface area contributed by atoms with E-state index in [2.05, 4.69) is 6.58 Å². The van der Waals surface area contributed by atoms with Gasteiger partial charge >= 0.3 is 0 Å². The monoisotopic (exact) mass is 308 g/mol. The zero-order chi connectivity index (χ0) is 16.0. The van der Waals surface area contributed by atoms with Gasteiger partial charge in [-0.15, -0.1) is 6.58 Å². The van der Waals surface area contributed by atoms with Gasteiger partial charge in [-0.3, -0.25) is 9.59 Å². The minimum Gasteiger partial charge on any atom is -0.396 e. The van der Waals surface area contributed by atoms with E-state index in [1.54, 1.807) is 0 Å². The Morgan fingerprint density at radius 3 is 2.82 bits per heavy atom. The lowest BCUT2D eigenvalue weighted by molar-refractivity contribution is -0.138. The highest BCUT2D eigenvalue weighted by Gasteiger charge is 2.35. The first-order valence-electron chi connectivity index (χ1n) is 8.37. The van der Waals surface area contributed by atoms with Crippen LogP contribution in [0.1, 0.15) is 44.9 Å². The number of likely N-dealkylation sites (tertiary alicyclic amines) is 2. The Balaban J connectivity index is 1.86. The number of carbonyl (C=O) groups excluding carboxylic acids is 2. The van der Waals surface area contributed by atoms with Gasteiger partial charge in [-0.2, -0.15) is 0 Å². The summed E-state index contributed by atoms with van der Waals surface area (Å²) in [5, 5.41) is 9.70. The maximum Gasteiger partial charge on any atom is 0.224 e. The average molecular weight is 308 g/mol. The Hall–Kier alpha value is -1.36. The van der Waals surface area contributed by atoms with E-state index in [1.807, 2.05) is 15.9 Å². The summed E-state index contributed by atoms with van der Waals surface area (Å²) in [7, 11) is 0. The van der Waals surface area contributed by atoms with Gasteiger partial charge in [0.15, 0.2) is 0 Å². The lowest BCUT2D eigenvalue weighted by Gasteiger charge is -2.41. The highest BCUT2D eigenvalue weighted by molar-refractivity contribution is 5.79. The van der Waals surface area contributed by atoms with Crippen molar-refractivity contribution in [1.82, 2.24) is 9.80 Å². The number of hydrogen-bond donors (Lipinski definition) is 1. The molecule has 2 fully saturated rings. The topological polar surface area (TPSA) is 60.9 Å². The lowest BCUT2D eigenvalue weighted by atomic mass is 9.78. The predicted molar refractivity (Wildman–Crippen MR) is 85.2 cm³/mol. The van der Waals surface area contributed by atoms with Crippen molar-refractivity contribution in [3.05, 3.63) is 12.7 Å². The van der Waals surface area contributed by atoms with Crippen LogP contribution in [0.5, 0.6) is 0 Å². The third-order valence-corrected chi connectivity index (χ3v) is 4.94. The van der Waals surface area contributed by atoms with E-state index >= 15 is 0 Å². The standard InChI is InChI=1S/C17H28N2O3/c1-2-8-17(14-20)9-5-11-19(13-17)16(22)7-12-18-10-4-3-6-15(18)21/h2,20H,1,3-14H2. The summed E-state index contributed by atoms with van der Waals surface area (Å²) in [6, 6.07) is 0. The predicted octanol–water partition coefficient (Wildman–Crippen LogP) is 1.57. The molecular weight excluding hydrogens is 280 g/mol. The molecular formula is C17H28N2O3. The number of rotatable bonds is 6. The van der Waals surface area contributed by atoms with Crippen molar-refractivity contribution in [3.8, 4) is 0 Å². The number of aliphatic hydroxyl groups excluding tert-OH is 1. The van der Waals surface area contributed by atoms with Crippen molar-refractivity contribution in [2.45, 2.75) is 44.9 Å². The SMILES string of the molecule is C=CCC1(CO)CCCN(C(=O)CCN2CCCCC2=O)C1. The molecule has 5 nitrogen and oxygen atoms in total. The molecule has 2 rings (SSSR count).